The second-order valence-corrected chi connectivity index (χ2v) is 11.1. The molecule has 1 aromatic carbocycles. The summed E-state index contributed by atoms with van der Waals surface area (Å²) in [6.07, 6.45) is 13.1. The first-order valence-corrected chi connectivity index (χ1v) is 14.6. The van der Waals surface area contributed by atoms with Crippen LogP contribution >= 0.6 is 0 Å². The minimum atomic E-state index is 0.329. The van der Waals surface area contributed by atoms with Crippen LogP contribution in [-0.2, 0) is 24.2 Å². The van der Waals surface area contributed by atoms with Crippen molar-refractivity contribution in [2.24, 2.45) is 11.7 Å². The number of rotatable bonds is 10. The molecule has 6 nitrogen and oxygen atoms in total. The Hall–Kier alpha value is -2.80. The number of unbranched alkanes of at least 4 members (excludes halogenated alkanes) is 1. The van der Waals surface area contributed by atoms with E-state index in [1.54, 1.807) is 0 Å². The monoisotopic (exact) mass is 511 g/mol. The summed E-state index contributed by atoms with van der Waals surface area (Å²) in [5, 5.41) is 2.65. The Morgan fingerprint density at radius 1 is 0.947 bits per heavy atom. The van der Waals surface area contributed by atoms with Gasteiger partial charge in [-0.15, -0.1) is 0 Å². The molecule has 1 aliphatic carbocycles. The third kappa shape index (κ3) is 5.22. The van der Waals surface area contributed by atoms with Gasteiger partial charge >= 0.3 is 0 Å². The standard InChI is InChI=1S/C32H41N5O/c33-16-3-4-19-36(30-11-5-7-25-8-6-17-35-31(25)30)23-28-32-27(12-18-34-28)26-9-1-2-10-29(26)37(32)20-13-24-14-21-38-22-15-24/h1-2,6,8-10,12,17-18,24,30H,3-5,7,11,13-16,19-23,33H2/t30-/m0/s1. The summed E-state index contributed by atoms with van der Waals surface area (Å²) < 4.78 is 8.19. The van der Waals surface area contributed by atoms with E-state index in [1.165, 1.54) is 64.4 Å². The zero-order chi connectivity index (χ0) is 25.7. The zero-order valence-electron chi connectivity index (χ0n) is 22.5. The molecule has 4 heterocycles. The van der Waals surface area contributed by atoms with Gasteiger partial charge in [0.25, 0.3) is 0 Å². The van der Waals surface area contributed by atoms with Crippen molar-refractivity contribution in [1.29, 1.82) is 0 Å². The lowest BCUT2D eigenvalue weighted by Crippen LogP contribution is -2.33. The van der Waals surface area contributed by atoms with Crippen molar-refractivity contribution in [2.75, 3.05) is 26.3 Å². The highest BCUT2D eigenvalue weighted by atomic mass is 16.5. The molecule has 0 bridgehead atoms. The Balaban J connectivity index is 1.38. The number of benzene rings is 1. The minimum absolute atomic E-state index is 0.329. The molecular formula is C32H41N5O. The van der Waals surface area contributed by atoms with Crippen LogP contribution in [0.25, 0.3) is 21.8 Å². The van der Waals surface area contributed by atoms with Crippen molar-refractivity contribution in [3.8, 4) is 0 Å². The lowest BCUT2D eigenvalue weighted by Gasteiger charge is -2.35. The van der Waals surface area contributed by atoms with Crippen LogP contribution in [0.15, 0.2) is 54.9 Å². The molecule has 0 amide bonds. The SMILES string of the molecule is NCCCCN(Cc1nccc2c3ccccc3n(CCC3CCOCC3)c12)[C@H]1CCCc2cccnc21. The maximum Gasteiger partial charge on any atom is 0.0786 e. The molecule has 200 valence electrons. The summed E-state index contributed by atoms with van der Waals surface area (Å²) in [4.78, 5) is 12.6. The fourth-order valence-corrected chi connectivity index (χ4v) is 6.70. The molecule has 1 fully saturated rings. The van der Waals surface area contributed by atoms with Gasteiger partial charge in [-0.2, -0.15) is 0 Å². The average molecular weight is 512 g/mol. The molecule has 38 heavy (non-hydrogen) atoms. The molecule has 6 rings (SSSR count). The van der Waals surface area contributed by atoms with Crippen molar-refractivity contribution < 1.29 is 4.74 Å². The number of pyridine rings is 2. The number of nitrogens with two attached hydrogens (primary N) is 1. The van der Waals surface area contributed by atoms with E-state index in [-0.39, 0.29) is 0 Å². The normalized spacial score (nSPS) is 18.4. The molecule has 1 aliphatic heterocycles. The number of aryl methyl sites for hydroxylation is 2. The molecule has 0 spiro atoms. The number of aromatic nitrogens is 3. The molecular weight excluding hydrogens is 470 g/mol. The van der Waals surface area contributed by atoms with Crippen LogP contribution in [0.5, 0.6) is 0 Å². The van der Waals surface area contributed by atoms with E-state index in [9.17, 15) is 0 Å². The quantitative estimate of drug-likeness (QED) is 0.264. The fraction of sp³-hybridized carbons (Fsp3) is 0.500. The van der Waals surface area contributed by atoms with Gasteiger partial charge in [0.1, 0.15) is 0 Å². The van der Waals surface area contributed by atoms with Gasteiger partial charge in [0, 0.05) is 55.0 Å². The van der Waals surface area contributed by atoms with Gasteiger partial charge in [-0.05, 0) is 94.1 Å². The van der Waals surface area contributed by atoms with E-state index >= 15 is 0 Å². The van der Waals surface area contributed by atoms with Crippen LogP contribution in [0.2, 0.25) is 0 Å². The van der Waals surface area contributed by atoms with Crippen molar-refractivity contribution in [3.05, 3.63) is 71.8 Å². The smallest absolute Gasteiger partial charge is 0.0786 e. The summed E-state index contributed by atoms with van der Waals surface area (Å²) in [5.74, 6) is 0.734. The molecule has 3 aromatic heterocycles. The van der Waals surface area contributed by atoms with Crippen LogP contribution in [-0.4, -0.2) is 45.7 Å². The predicted molar refractivity (Wildman–Crippen MR) is 154 cm³/mol. The highest BCUT2D eigenvalue weighted by molar-refractivity contribution is 6.08. The van der Waals surface area contributed by atoms with Crippen LogP contribution in [0.1, 0.15) is 67.9 Å². The molecule has 1 saturated heterocycles. The summed E-state index contributed by atoms with van der Waals surface area (Å²) >= 11 is 0. The third-order valence-corrected chi connectivity index (χ3v) is 8.72. The summed E-state index contributed by atoms with van der Waals surface area (Å²) in [6.45, 7) is 5.41. The molecule has 0 radical (unpaired) electrons. The molecule has 2 aliphatic rings. The second-order valence-electron chi connectivity index (χ2n) is 11.1. The molecule has 1 atom stereocenters. The van der Waals surface area contributed by atoms with Crippen LogP contribution in [0.4, 0.5) is 0 Å². The lowest BCUT2D eigenvalue weighted by atomic mass is 9.90. The van der Waals surface area contributed by atoms with Gasteiger partial charge in [-0.1, -0.05) is 24.3 Å². The van der Waals surface area contributed by atoms with Gasteiger partial charge in [0.15, 0.2) is 0 Å². The summed E-state index contributed by atoms with van der Waals surface area (Å²) in [6, 6.07) is 15.8. The Kier molecular flexibility index (Phi) is 8.00. The number of nitrogens with zero attached hydrogens (tertiary/aromatic N) is 4. The molecule has 0 unspecified atom stereocenters. The van der Waals surface area contributed by atoms with Gasteiger partial charge in [0.2, 0.25) is 0 Å². The minimum Gasteiger partial charge on any atom is -0.381 e. The Labute approximate surface area is 226 Å². The first-order valence-electron chi connectivity index (χ1n) is 14.6. The maximum atomic E-state index is 5.90. The topological polar surface area (TPSA) is 69.2 Å². The molecule has 0 saturated carbocycles. The van der Waals surface area contributed by atoms with Gasteiger partial charge in [0.05, 0.1) is 22.9 Å². The van der Waals surface area contributed by atoms with E-state index in [0.29, 0.717) is 6.04 Å². The Bertz CT molecular complexity index is 1360. The summed E-state index contributed by atoms with van der Waals surface area (Å²) in [5.41, 5.74) is 12.4. The van der Waals surface area contributed by atoms with E-state index in [4.69, 9.17) is 20.4 Å². The maximum absolute atomic E-state index is 5.90. The van der Waals surface area contributed by atoms with E-state index in [2.05, 4.69) is 51.9 Å². The number of hydrogen-bond acceptors (Lipinski definition) is 5. The predicted octanol–water partition coefficient (Wildman–Crippen LogP) is 6.02. The summed E-state index contributed by atoms with van der Waals surface area (Å²) in [7, 11) is 0. The van der Waals surface area contributed by atoms with Crippen molar-refractivity contribution in [1.82, 2.24) is 19.4 Å². The zero-order valence-corrected chi connectivity index (χ0v) is 22.5. The van der Waals surface area contributed by atoms with Crippen molar-refractivity contribution in [2.45, 2.75) is 70.5 Å². The first kappa shape index (κ1) is 25.5. The average Bonchev–Trinajstić information content (AvgIpc) is 3.30. The van der Waals surface area contributed by atoms with Crippen LogP contribution < -0.4 is 5.73 Å². The number of fused-ring (bicyclic) bond motifs is 4. The lowest BCUT2D eigenvalue weighted by molar-refractivity contribution is 0.0628. The van der Waals surface area contributed by atoms with Crippen LogP contribution in [0, 0.1) is 5.92 Å². The van der Waals surface area contributed by atoms with Gasteiger partial charge in [-0.25, -0.2) is 0 Å². The third-order valence-electron chi connectivity index (χ3n) is 8.72. The Morgan fingerprint density at radius 2 is 1.84 bits per heavy atom. The van der Waals surface area contributed by atoms with Crippen LogP contribution in [0.3, 0.4) is 0 Å². The van der Waals surface area contributed by atoms with E-state index < -0.39 is 0 Å². The Morgan fingerprint density at radius 3 is 2.74 bits per heavy atom. The molecule has 6 heteroatoms. The van der Waals surface area contributed by atoms with E-state index in [0.717, 1.165) is 71.0 Å². The molecule has 2 N–H and O–H groups in total. The molecule has 4 aromatic rings. The van der Waals surface area contributed by atoms with Crippen molar-refractivity contribution >= 4 is 21.8 Å². The van der Waals surface area contributed by atoms with E-state index in [1.807, 2.05) is 12.4 Å². The first-order chi connectivity index (χ1) is 18.8. The number of hydrogen-bond donors (Lipinski definition) is 1. The highest BCUT2D eigenvalue weighted by Gasteiger charge is 2.28. The highest BCUT2D eigenvalue weighted by Crippen LogP contribution is 2.36. The second kappa shape index (κ2) is 11.9. The number of ether oxygens (including phenoxy) is 1. The number of para-hydroxylation sites is 1. The van der Waals surface area contributed by atoms with Gasteiger partial charge in [-0.3, -0.25) is 14.9 Å². The van der Waals surface area contributed by atoms with Crippen molar-refractivity contribution in [3.63, 3.8) is 0 Å². The fourth-order valence-electron chi connectivity index (χ4n) is 6.70. The largest absolute Gasteiger partial charge is 0.381 e. The van der Waals surface area contributed by atoms with Gasteiger partial charge < -0.3 is 15.0 Å².